The van der Waals surface area contributed by atoms with Gasteiger partial charge in [0.1, 0.15) is 5.60 Å². The van der Waals surface area contributed by atoms with E-state index in [9.17, 15) is 13.2 Å². The Morgan fingerprint density at radius 1 is 1.53 bits per heavy atom. The van der Waals surface area contributed by atoms with E-state index in [1.165, 1.54) is 4.90 Å². The summed E-state index contributed by atoms with van der Waals surface area (Å²) in [5, 5.41) is 8.71. The molecular formula is C8H13NO5S. The van der Waals surface area contributed by atoms with Gasteiger partial charge in [0.05, 0.1) is 24.7 Å². The number of β-amino-alcohol motifs (C(OH)–C–C–N with tert-alkyl or cyclic N) is 1. The van der Waals surface area contributed by atoms with E-state index in [0.29, 0.717) is 6.42 Å². The Morgan fingerprint density at radius 3 is 2.80 bits per heavy atom. The van der Waals surface area contributed by atoms with Gasteiger partial charge in [0, 0.05) is 13.0 Å². The molecule has 1 amide bonds. The average Bonchev–Trinajstić information content (AvgIpc) is 2.56. The number of aliphatic hydroxyl groups is 1. The van der Waals surface area contributed by atoms with E-state index in [4.69, 9.17) is 9.84 Å². The molecule has 7 heteroatoms. The number of carbonyl (C=O) groups excluding carboxylic acids is 1. The first kappa shape index (κ1) is 10.7. The highest BCUT2D eigenvalue weighted by Crippen LogP contribution is 2.33. The molecule has 0 aromatic carbocycles. The smallest absolute Gasteiger partial charge is 0.410 e. The first-order valence-corrected chi connectivity index (χ1v) is 6.58. The Kier molecular flexibility index (Phi) is 2.38. The van der Waals surface area contributed by atoms with Crippen molar-refractivity contribution in [3.63, 3.8) is 0 Å². The first-order chi connectivity index (χ1) is 6.96. The van der Waals surface area contributed by atoms with E-state index in [-0.39, 0.29) is 31.2 Å². The molecule has 2 aliphatic rings. The summed E-state index contributed by atoms with van der Waals surface area (Å²) in [6.07, 6.45) is -0.163. The summed E-state index contributed by atoms with van der Waals surface area (Å²) in [5.74, 6) is -0.0130. The largest absolute Gasteiger partial charge is 0.440 e. The minimum Gasteiger partial charge on any atom is -0.440 e. The summed E-state index contributed by atoms with van der Waals surface area (Å²) in [6, 6.07) is 0. The molecule has 1 N–H and O–H groups in total. The zero-order chi connectivity index (χ0) is 11.1. The molecule has 2 heterocycles. The lowest BCUT2D eigenvalue weighted by Gasteiger charge is -2.18. The molecule has 2 fully saturated rings. The van der Waals surface area contributed by atoms with Crippen LogP contribution in [0.3, 0.4) is 0 Å². The maximum absolute atomic E-state index is 11.3. The van der Waals surface area contributed by atoms with Gasteiger partial charge in [-0.15, -0.1) is 0 Å². The number of carbonyl (C=O) groups is 1. The fraction of sp³-hybridized carbons (Fsp3) is 0.875. The summed E-state index contributed by atoms with van der Waals surface area (Å²) in [4.78, 5) is 12.7. The number of hydrogen-bond acceptors (Lipinski definition) is 5. The SMILES string of the molecule is O=C1OC2(CCS(=O)(=O)C2)CN1CCO. The third-order valence-electron chi connectivity index (χ3n) is 2.76. The van der Waals surface area contributed by atoms with E-state index < -0.39 is 21.5 Å². The molecule has 0 radical (unpaired) electrons. The van der Waals surface area contributed by atoms with Crippen LogP contribution < -0.4 is 0 Å². The molecule has 0 aromatic rings. The minimum atomic E-state index is -3.07. The van der Waals surface area contributed by atoms with E-state index in [1.54, 1.807) is 0 Å². The topological polar surface area (TPSA) is 83.9 Å². The quantitative estimate of drug-likeness (QED) is 0.663. The van der Waals surface area contributed by atoms with Crippen LogP contribution in [0.1, 0.15) is 6.42 Å². The molecule has 0 aliphatic carbocycles. The minimum absolute atomic E-state index is 0.0766. The van der Waals surface area contributed by atoms with Crippen LogP contribution in [0.2, 0.25) is 0 Å². The fourth-order valence-electron chi connectivity index (χ4n) is 2.08. The van der Waals surface area contributed by atoms with Gasteiger partial charge < -0.3 is 14.7 Å². The summed E-state index contributed by atoms with van der Waals surface area (Å²) in [7, 11) is -3.07. The van der Waals surface area contributed by atoms with Crippen LogP contribution in [0.25, 0.3) is 0 Å². The molecule has 0 saturated carbocycles. The van der Waals surface area contributed by atoms with Gasteiger partial charge in [0.15, 0.2) is 9.84 Å². The number of amides is 1. The predicted octanol–water partition coefficient (Wildman–Crippen LogP) is -1.01. The number of nitrogens with zero attached hydrogens (tertiary/aromatic N) is 1. The van der Waals surface area contributed by atoms with Crippen LogP contribution >= 0.6 is 0 Å². The van der Waals surface area contributed by atoms with Crippen molar-refractivity contribution < 1.29 is 23.1 Å². The summed E-state index contributed by atoms with van der Waals surface area (Å²) < 4.78 is 27.7. The first-order valence-electron chi connectivity index (χ1n) is 4.76. The molecule has 2 saturated heterocycles. The van der Waals surface area contributed by atoms with Crippen molar-refractivity contribution in [2.24, 2.45) is 0 Å². The predicted molar refractivity (Wildman–Crippen MR) is 51.1 cm³/mol. The lowest BCUT2D eigenvalue weighted by Crippen LogP contribution is -2.36. The van der Waals surface area contributed by atoms with Gasteiger partial charge in [-0.3, -0.25) is 0 Å². The van der Waals surface area contributed by atoms with Crippen molar-refractivity contribution in [1.29, 1.82) is 0 Å². The van der Waals surface area contributed by atoms with Gasteiger partial charge >= 0.3 is 6.09 Å². The molecule has 0 aromatic heterocycles. The number of ether oxygens (including phenoxy) is 1. The molecule has 1 spiro atoms. The van der Waals surface area contributed by atoms with Crippen LogP contribution in [-0.2, 0) is 14.6 Å². The van der Waals surface area contributed by atoms with Crippen molar-refractivity contribution >= 4 is 15.9 Å². The van der Waals surface area contributed by atoms with E-state index in [2.05, 4.69) is 0 Å². The number of rotatable bonds is 2. The summed E-state index contributed by atoms with van der Waals surface area (Å²) in [6.45, 7) is 0.324. The molecule has 1 atom stereocenters. The van der Waals surface area contributed by atoms with E-state index >= 15 is 0 Å². The monoisotopic (exact) mass is 235 g/mol. The summed E-state index contributed by atoms with van der Waals surface area (Å²) in [5.41, 5.74) is -0.856. The zero-order valence-electron chi connectivity index (χ0n) is 8.18. The van der Waals surface area contributed by atoms with Crippen LogP contribution in [-0.4, -0.2) is 61.3 Å². The maximum Gasteiger partial charge on any atom is 0.410 e. The van der Waals surface area contributed by atoms with Gasteiger partial charge in [-0.2, -0.15) is 0 Å². The highest BCUT2D eigenvalue weighted by atomic mass is 32.2. The van der Waals surface area contributed by atoms with Gasteiger partial charge in [0.25, 0.3) is 0 Å². The third kappa shape index (κ3) is 1.93. The molecule has 1 unspecified atom stereocenters. The fourth-order valence-corrected chi connectivity index (χ4v) is 4.00. The van der Waals surface area contributed by atoms with E-state index in [0.717, 1.165) is 0 Å². The second kappa shape index (κ2) is 3.34. The Labute approximate surface area is 87.7 Å². The van der Waals surface area contributed by atoms with Gasteiger partial charge in [0.2, 0.25) is 0 Å². The van der Waals surface area contributed by atoms with Crippen LogP contribution in [0.4, 0.5) is 4.79 Å². The zero-order valence-corrected chi connectivity index (χ0v) is 8.99. The highest BCUT2D eigenvalue weighted by Gasteiger charge is 2.52. The normalized spacial score (nSPS) is 33.7. The van der Waals surface area contributed by atoms with Crippen molar-refractivity contribution in [3.05, 3.63) is 0 Å². The Morgan fingerprint density at radius 2 is 2.27 bits per heavy atom. The van der Waals surface area contributed by atoms with Crippen molar-refractivity contribution in [1.82, 2.24) is 4.90 Å². The van der Waals surface area contributed by atoms with Gasteiger partial charge in [-0.05, 0) is 0 Å². The van der Waals surface area contributed by atoms with E-state index in [1.807, 2.05) is 0 Å². The van der Waals surface area contributed by atoms with Crippen LogP contribution in [0.15, 0.2) is 0 Å². The van der Waals surface area contributed by atoms with Crippen molar-refractivity contribution in [2.75, 3.05) is 31.2 Å². The molecule has 15 heavy (non-hydrogen) atoms. The second-order valence-electron chi connectivity index (χ2n) is 4.04. The molecule has 86 valence electrons. The van der Waals surface area contributed by atoms with Crippen LogP contribution in [0.5, 0.6) is 0 Å². The molecule has 2 aliphatic heterocycles. The third-order valence-corrected chi connectivity index (χ3v) is 4.55. The lowest BCUT2D eigenvalue weighted by atomic mass is 10.0. The number of hydrogen-bond donors (Lipinski definition) is 1. The summed E-state index contributed by atoms with van der Waals surface area (Å²) >= 11 is 0. The maximum atomic E-state index is 11.3. The Balaban J connectivity index is 2.12. The van der Waals surface area contributed by atoms with Crippen molar-refractivity contribution in [2.45, 2.75) is 12.0 Å². The number of sulfone groups is 1. The standard InChI is InChI=1S/C8H13NO5S/c10-3-2-9-5-8(14-7(9)11)1-4-15(12,13)6-8/h10H,1-6H2. The molecule has 6 nitrogen and oxygen atoms in total. The number of aliphatic hydroxyl groups excluding tert-OH is 1. The second-order valence-corrected chi connectivity index (χ2v) is 6.22. The van der Waals surface area contributed by atoms with Gasteiger partial charge in [-0.25, -0.2) is 13.2 Å². The molecule has 2 rings (SSSR count). The Hall–Kier alpha value is -0.820. The van der Waals surface area contributed by atoms with Crippen molar-refractivity contribution in [3.8, 4) is 0 Å². The molecule has 0 bridgehead atoms. The Bertz CT molecular complexity index is 378. The van der Waals surface area contributed by atoms with Crippen LogP contribution in [0, 0.1) is 0 Å². The average molecular weight is 235 g/mol. The highest BCUT2D eigenvalue weighted by molar-refractivity contribution is 7.91. The molecular weight excluding hydrogens is 222 g/mol. The lowest BCUT2D eigenvalue weighted by molar-refractivity contribution is 0.0770. The van der Waals surface area contributed by atoms with Gasteiger partial charge in [-0.1, -0.05) is 0 Å².